The molecule has 128 valence electrons. The summed E-state index contributed by atoms with van der Waals surface area (Å²) in [4.78, 5) is 21.1. The number of hydrogen-bond acceptors (Lipinski definition) is 5. The molecule has 0 spiro atoms. The van der Waals surface area contributed by atoms with E-state index in [1.165, 1.54) is 0 Å². The molecule has 0 saturated heterocycles. The largest absolute Gasteiger partial charge is 0.324 e. The van der Waals surface area contributed by atoms with Gasteiger partial charge < -0.3 is 10.6 Å². The summed E-state index contributed by atoms with van der Waals surface area (Å²) in [6.45, 7) is 3.81. The van der Waals surface area contributed by atoms with Crippen molar-refractivity contribution in [3.63, 3.8) is 0 Å². The number of anilines is 3. The quantitative estimate of drug-likeness (QED) is 0.748. The van der Waals surface area contributed by atoms with Crippen LogP contribution in [0.4, 0.5) is 17.3 Å². The van der Waals surface area contributed by atoms with Crippen LogP contribution >= 0.6 is 0 Å². The Balaban J connectivity index is 1.75. The summed E-state index contributed by atoms with van der Waals surface area (Å²) in [7, 11) is 0. The Kier molecular flexibility index (Phi) is 4.90. The molecular formula is C20H17N5O. The number of rotatable bonds is 4. The van der Waals surface area contributed by atoms with Crippen LogP contribution in [-0.4, -0.2) is 15.9 Å². The van der Waals surface area contributed by atoms with Crippen molar-refractivity contribution in [3.8, 4) is 6.07 Å². The smallest absolute Gasteiger partial charge is 0.255 e. The third-order valence-corrected chi connectivity index (χ3v) is 3.64. The van der Waals surface area contributed by atoms with E-state index in [4.69, 9.17) is 5.26 Å². The van der Waals surface area contributed by atoms with Gasteiger partial charge in [0.25, 0.3) is 5.91 Å². The summed E-state index contributed by atoms with van der Waals surface area (Å²) in [6.07, 6.45) is 0. The second-order valence-electron chi connectivity index (χ2n) is 5.82. The van der Waals surface area contributed by atoms with Gasteiger partial charge in [0.15, 0.2) is 0 Å². The summed E-state index contributed by atoms with van der Waals surface area (Å²) >= 11 is 0. The fraction of sp³-hybridized carbons (Fsp3) is 0.100. The average Bonchev–Trinajstić information content (AvgIpc) is 2.61. The predicted molar refractivity (Wildman–Crippen MR) is 100 cm³/mol. The van der Waals surface area contributed by atoms with E-state index in [0.29, 0.717) is 22.8 Å². The molecule has 2 N–H and O–H groups in total. The number of carbonyl (C=O) groups is 1. The molecular weight excluding hydrogens is 326 g/mol. The maximum atomic E-state index is 12.4. The van der Waals surface area contributed by atoms with Crippen LogP contribution in [0.3, 0.4) is 0 Å². The van der Waals surface area contributed by atoms with Gasteiger partial charge in [0.05, 0.1) is 11.6 Å². The monoisotopic (exact) mass is 343 g/mol. The Bertz CT molecular complexity index is 970. The molecule has 0 radical (unpaired) electrons. The molecule has 0 aliphatic carbocycles. The van der Waals surface area contributed by atoms with Gasteiger partial charge in [-0.1, -0.05) is 6.07 Å². The van der Waals surface area contributed by atoms with Crippen LogP contribution in [0.2, 0.25) is 0 Å². The number of aromatic nitrogens is 2. The SMILES string of the molecule is Cc1cc(C)nc(Nc2cccc(C(=O)Nc3ccc(C#N)cc3)c2)n1. The van der Waals surface area contributed by atoms with Crippen molar-refractivity contribution in [3.05, 3.63) is 77.1 Å². The Morgan fingerprint density at radius 1 is 0.962 bits per heavy atom. The first-order chi connectivity index (χ1) is 12.5. The molecule has 6 nitrogen and oxygen atoms in total. The molecule has 0 atom stereocenters. The molecule has 1 aromatic heterocycles. The second kappa shape index (κ2) is 7.45. The highest BCUT2D eigenvalue weighted by atomic mass is 16.1. The minimum atomic E-state index is -0.236. The molecule has 0 bridgehead atoms. The van der Waals surface area contributed by atoms with E-state index < -0.39 is 0 Å². The van der Waals surface area contributed by atoms with Crippen molar-refractivity contribution in [2.45, 2.75) is 13.8 Å². The number of nitrogens with zero attached hydrogens (tertiary/aromatic N) is 3. The highest BCUT2D eigenvalue weighted by molar-refractivity contribution is 6.04. The molecule has 0 saturated carbocycles. The van der Waals surface area contributed by atoms with E-state index >= 15 is 0 Å². The van der Waals surface area contributed by atoms with E-state index in [9.17, 15) is 4.79 Å². The van der Waals surface area contributed by atoms with Crippen LogP contribution in [0.15, 0.2) is 54.6 Å². The first kappa shape index (κ1) is 17.1. The topological polar surface area (TPSA) is 90.7 Å². The third-order valence-electron chi connectivity index (χ3n) is 3.64. The van der Waals surface area contributed by atoms with Crippen LogP contribution in [0.1, 0.15) is 27.3 Å². The lowest BCUT2D eigenvalue weighted by Crippen LogP contribution is -2.12. The van der Waals surface area contributed by atoms with Gasteiger partial charge in [0.1, 0.15) is 0 Å². The normalized spacial score (nSPS) is 10.0. The van der Waals surface area contributed by atoms with Crippen molar-refractivity contribution in [2.75, 3.05) is 10.6 Å². The Morgan fingerprint density at radius 2 is 1.65 bits per heavy atom. The Hall–Kier alpha value is -3.72. The molecule has 1 heterocycles. The highest BCUT2D eigenvalue weighted by Crippen LogP contribution is 2.17. The zero-order valence-electron chi connectivity index (χ0n) is 14.4. The molecule has 3 rings (SSSR count). The van der Waals surface area contributed by atoms with Crippen LogP contribution in [0.5, 0.6) is 0 Å². The third kappa shape index (κ3) is 4.22. The number of aryl methyl sites for hydroxylation is 2. The molecule has 2 aromatic carbocycles. The number of amides is 1. The predicted octanol–water partition coefficient (Wildman–Crippen LogP) is 3.96. The fourth-order valence-electron chi connectivity index (χ4n) is 2.48. The van der Waals surface area contributed by atoms with Gasteiger partial charge in [-0.2, -0.15) is 5.26 Å². The number of nitriles is 1. The number of hydrogen-bond donors (Lipinski definition) is 2. The van der Waals surface area contributed by atoms with Gasteiger partial charge in [-0.3, -0.25) is 4.79 Å². The molecule has 3 aromatic rings. The average molecular weight is 343 g/mol. The number of benzene rings is 2. The fourth-order valence-corrected chi connectivity index (χ4v) is 2.48. The van der Waals surface area contributed by atoms with Gasteiger partial charge >= 0.3 is 0 Å². The lowest BCUT2D eigenvalue weighted by Gasteiger charge is -2.09. The van der Waals surface area contributed by atoms with E-state index in [1.54, 1.807) is 42.5 Å². The summed E-state index contributed by atoms with van der Waals surface area (Å²) in [5.74, 6) is 0.256. The van der Waals surface area contributed by atoms with Crippen molar-refractivity contribution in [1.29, 1.82) is 5.26 Å². The van der Waals surface area contributed by atoms with Crippen molar-refractivity contribution >= 4 is 23.2 Å². The maximum absolute atomic E-state index is 12.4. The Labute approximate surface area is 151 Å². The summed E-state index contributed by atoms with van der Waals surface area (Å²) < 4.78 is 0. The van der Waals surface area contributed by atoms with E-state index in [2.05, 4.69) is 20.6 Å². The molecule has 26 heavy (non-hydrogen) atoms. The molecule has 0 aliphatic rings. The zero-order valence-corrected chi connectivity index (χ0v) is 14.4. The van der Waals surface area contributed by atoms with Crippen LogP contribution in [0, 0.1) is 25.2 Å². The van der Waals surface area contributed by atoms with Crippen molar-refractivity contribution in [2.24, 2.45) is 0 Å². The molecule has 0 fully saturated rings. The van der Waals surface area contributed by atoms with E-state index in [1.807, 2.05) is 32.0 Å². The van der Waals surface area contributed by atoms with E-state index in [0.717, 1.165) is 17.1 Å². The molecule has 0 unspecified atom stereocenters. The maximum Gasteiger partial charge on any atom is 0.255 e. The molecule has 1 amide bonds. The van der Waals surface area contributed by atoms with Gasteiger partial charge in [0, 0.05) is 28.3 Å². The highest BCUT2D eigenvalue weighted by Gasteiger charge is 2.08. The minimum absolute atomic E-state index is 0.236. The number of nitrogens with one attached hydrogen (secondary N) is 2. The second-order valence-corrected chi connectivity index (χ2v) is 5.82. The lowest BCUT2D eigenvalue weighted by atomic mass is 10.1. The van der Waals surface area contributed by atoms with Gasteiger partial charge in [-0.25, -0.2) is 9.97 Å². The minimum Gasteiger partial charge on any atom is -0.324 e. The first-order valence-electron chi connectivity index (χ1n) is 8.04. The molecule has 0 aliphatic heterocycles. The van der Waals surface area contributed by atoms with Gasteiger partial charge in [0.2, 0.25) is 5.95 Å². The van der Waals surface area contributed by atoms with Gasteiger partial charge in [-0.05, 0) is 62.4 Å². The van der Waals surface area contributed by atoms with Crippen molar-refractivity contribution in [1.82, 2.24) is 9.97 Å². The van der Waals surface area contributed by atoms with Crippen molar-refractivity contribution < 1.29 is 4.79 Å². The van der Waals surface area contributed by atoms with Crippen LogP contribution < -0.4 is 10.6 Å². The molecule has 6 heteroatoms. The summed E-state index contributed by atoms with van der Waals surface area (Å²) in [6, 6.07) is 17.8. The lowest BCUT2D eigenvalue weighted by molar-refractivity contribution is 0.102. The van der Waals surface area contributed by atoms with Crippen LogP contribution in [0.25, 0.3) is 0 Å². The number of carbonyl (C=O) groups excluding carboxylic acids is 1. The summed E-state index contributed by atoms with van der Waals surface area (Å²) in [5, 5.41) is 14.8. The van der Waals surface area contributed by atoms with Gasteiger partial charge in [-0.15, -0.1) is 0 Å². The summed E-state index contributed by atoms with van der Waals surface area (Å²) in [5.41, 5.74) is 4.14. The standard InChI is InChI=1S/C20H17N5O/c1-13-10-14(2)23-20(22-13)25-18-5-3-4-16(11-18)19(26)24-17-8-6-15(12-21)7-9-17/h3-11H,1-2H3,(H,24,26)(H,22,23,25). The van der Waals surface area contributed by atoms with Crippen LogP contribution in [-0.2, 0) is 0 Å². The Morgan fingerprint density at radius 3 is 2.31 bits per heavy atom. The van der Waals surface area contributed by atoms with E-state index in [-0.39, 0.29) is 5.91 Å². The zero-order chi connectivity index (χ0) is 18.5. The first-order valence-corrected chi connectivity index (χ1v) is 8.04.